The molecule has 0 aliphatic heterocycles. The van der Waals surface area contributed by atoms with Crippen LogP contribution in [0.2, 0.25) is 0 Å². The smallest absolute Gasteiger partial charge is 0.222 e. The summed E-state index contributed by atoms with van der Waals surface area (Å²) in [6.45, 7) is 1.68. The molecule has 4 nitrogen and oxygen atoms in total. The van der Waals surface area contributed by atoms with Crippen molar-refractivity contribution in [3.63, 3.8) is 0 Å². The summed E-state index contributed by atoms with van der Waals surface area (Å²) in [5.41, 5.74) is 0. The summed E-state index contributed by atoms with van der Waals surface area (Å²) in [5.74, 6) is 0.737. The molecule has 19 heavy (non-hydrogen) atoms. The van der Waals surface area contributed by atoms with E-state index in [2.05, 4.69) is 6.07 Å². The highest BCUT2D eigenvalue weighted by Gasteiger charge is 2.20. The van der Waals surface area contributed by atoms with Crippen molar-refractivity contribution in [3.05, 3.63) is 0 Å². The van der Waals surface area contributed by atoms with Crippen LogP contribution in [0.1, 0.15) is 51.4 Å². The number of carbonyl (C=O) groups is 1. The van der Waals surface area contributed by atoms with Crippen LogP contribution in [0.25, 0.3) is 0 Å². The molecule has 1 aliphatic carbocycles. The second-order valence-electron chi connectivity index (χ2n) is 5.34. The van der Waals surface area contributed by atoms with Gasteiger partial charge in [0.05, 0.1) is 19.1 Å². The molecular weight excluding hydrogens is 240 g/mol. The largest absolute Gasteiger partial charge is 0.383 e. The molecule has 0 saturated heterocycles. The summed E-state index contributed by atoms with van der Waals surface area (Å²) in [4.78, 5) is 14.1. The standard InChI is InChI=1S/C15H26N2O2/c1-19-12-11-17(10-6-9-16)15(18)13-14-7-4-2-3-5-8-14/h14H,2-8,10-13H2,1H3. The molecule has 0 radical (unpaired) electrons. The van der Waals surface area contributed by atoms with Crippen LogP contribution in [0.3, 0.4) is 0 Å². The number of ether oxygens (including phenoxy) is 1. The Bertz CT molecular complexity index is 291. The Morgan fingerprint density at radius 3 is 2.53 bits per heavy atom. The summed E-state index contributed by atoms with van der Waals surface area (Å²) in [6, 6.07) is 2.11. The van der Waals surface area contributed by atoms with Crippen LogP contribution in [0, 0.1) is 17.2 Å². The average molecular weight is 266 g/mol. The number of nitrogens with zero attached hydrogens (tertiary/aromatic N) is 2. The van der Waals surface area contributed by atoms with Gasteiger partial charge in [0.15, 0.2) is 0 Å². The SMILES string of the molecule is COCCN(CCC#N)C(=O)CC1CCCCCC1. The lowest BCUT2D eigenvalue weighted by molar-refractivity contribution is -0.132. The van der Waals surface area contributed by atoms with Gasteiger partial charge in [0.1, 0.15) is 0 Å². The van der Waals surface area contributed by atoms with Gasteiger partial charge in [0, 0.05) is 26.6 Å². The molecule has 108 valence electrons. The van der Waals surface area contributed by atoms with Gasteiger partial charge < -0.3 is 9.64 Å². The Hall–Kier alpha value is -1.08. The first kappa shape index (κ1) is 16.0. The Morgan fingerprint density at radius 1 is 1.26 bits per heavy atom. The average Bonchev–Trinajstić information content (AvgIpc) is 2.67. The van der Waals surface area contributed by atoms with Crippen molar-refractivity contribution in [2.75, 3.05) is 26.8 Å². The summed E-state index contributed by atoms with van der Waals surface area (Å²) >= 11 is 0. The normalized spacial score (nSPS) is 16.6. The Balaban J connectivity index is 2.42. The van der Waals surface area contributed by atoms with Gasteiger partial charge in [-0.2, -0.15) is 5.26 Å². The molecule has 0 N–H and O–H groups in total. The Kier molecular flexibility index (Phi) is 8.24. The number of methoxy groups -OCH3 is 1. The first-order valence-electron chi connectivity index (χ1n) is 7.41. The zero-order valence-corrected chi connectivity index (χ0v) is 12.1. The third-order valence-corrected chi connectivity index (χ3v) is 3.85. The van der Waals surface area contributed by atoms with Gasteiger partial charge in [-0.1, -0.05) is 25.7 Å². The lowest BCUT2D eigenvalue weighted by Crippen LogP contribution is -2.35. The van der Waals surface area contributed by atoms with E-state index >= 15 is 0 Å². The fourth-order valence-corrected chi connectivity index (χ4v) is 2.69. The van der Waals surface area contributed by atoms with E-state index < -0.39 is 0 Å². The van der Waals surface area contributed by atoms with Gasteiger partial charge in [-0.05, 0) is 18.8 Å². The summed E-state index contributed by atoms with van der Waals surface area (Å²) in [5, 5.41) is 8.66. The molecule has 1 aliphatic rings. The van der Waals surface area contributed by atoms with E-state index in [0.29, 0.717) is 38.5 Å². The number of rotatable bonds is 7. The van der Waals surface area contributed by atoms with Crippen LogP contribution < -0.4 is 0 Å². The third kappa shape index (κ3) is 6.58. The van der Waals surface area contributed by atoms with Crippen molar-refractivity contribution in [2.24, 2.45) is 5.92 Å². The van der Waals surface area contributed by atoms with Crippen LogP contribution in [0.5, 0.6) is 0 Å². The van der Waals surface area contributed by atoms with Crippen molar-refractivity contribution < 1.29 is 9.53 Å². The maximum absolute atomic E-state index is 12.3. The van der Waals surface area contributed by atoms with E-state index in [1.807, 2.05) is 0 Å². The zero-order chi connectivity index (χ0) is 13.9. The highest BCUT2D eigenvalue weighted by atomic mass is 16.5. The number of amides is 1. The predicted octanol–water partition coefficient (Wildman–Crippen LogP) is 2.74. The van der Waals surface area contributed by atoms with Crippen molar-refractivity contribution in [1.29, 1.82) is 5.26 Å². The molecule has 0 aromatic rings. The fraction of sp³-hybridized carbons (Fsp3) is 0.867. The number of nitriles is 1. The molecule has 1 fully saturated rings. The Labute approximate surface area is 116 Å². The van der Waals surface area contributed by atoms with Gasteiger partial charge in [-0.15, -0.1) is 0 Å². The highest BCUT2D eigenvalue weighted by molar-refractivity contribution is 5.76. The van der Waals surface area contributed by atoms with Crippen LogP contribution in [0.15, 0.2) is 0 Å². The van der Waals surface area contributed by atoms with Crippen molar-refractivity contribution in [3.8, 4) is 6.07 Å². The minimum atomic E-state index is 0.194. The molecule has 0 bridgehead atoms. The molecule has 0 aromatic heterocycles. The summed E-state index contributed by atoms with van der Waals surface area (Å²) < 4.78 is 5.04. The number of hydrogen-bond donors (Lipinski definition) is 0. The summed E-state index contributed by atoms with van der Waals surface area (Å²) in [7, 11) is 1.64. The second-order valence-corrected chi connectivity index (χ2v) is 5.34. The molecule has 0 unspecified atom stereocenters. The van der Waals surface area contributed by atoms with Gasteiger partial charge in [-0.25, -0.2) is 0 Å². The van der Waals surface area contributed by atoms with Crippen molar-refractivity contribution in [1.82, 2.24) is 4.90 Å². The molecule has 0 spiro atoms. The van der Waals surface area contributed by atoms with Gasteiger partial charge in [0.2, 0.25) is 5.91 Å². The lowest BCUT2D eigenvalue weighted by atomic mass is 9.96. The van der Waals surface area contributed by atoms with E-state index in [-0.39, 0.29) is 5.91 Å². The van der Waals surface area contributed by atoms with Crippen LogP contribution in [0.4, 0.5) is 0 Å². The van der Waals surface area contributed by atoms with Crippen molar-refractivity contribution >= 4 is 5.91 Å². The monoisotopic (exact) mass is 266 g/mol. The van der Waals surface area contributed by atoms with Gasteiger partial charge >= 0.3 is 0 Å². The quantitative estimate of drug-likeness (QED) is 0.666. The zero-order valence-electron chi connectivity index (χ0n) is 12.1. The van der Waals surface area contributed by atoms with E-state index in [1.165, 1.54) is 38.5 Å². The first-order chi connectivity index (χ1) is 9.27. The molecule has 0 heterocycles. The lowest BCUT2D eigenvalue weighted by Gasteiger charge is -2.23. The van der Waals surface area contributed by atoms with Gasteiger partial charge in [0.25, 0.3) is 0 Å². The molecule has 0 atom stereocenters. The van der Waals surface area contributed by atoms with Crippen LogP contribution in [-0.2, 0) is 9.53 Å². The van der Waals surface area contributed by atoms with E-state index in [0.717, 1.165) is 0 Å². The van der Waals surface area contributed by atoms with E-state index in [4.69, 9.17) is 10.00 Å². The maximum Gasteiger partial charge on any atom is 0.222 e. The summed E-state index contributed by atoms with van der Waals surface area (Å²) in [6.07, 6.45) is 8.56. The Morgan fingerprint density at radius 2 is 1.95 bits per heavy atom. The molecule has 1 rings (SSSR count). The van der Waals surface area contributed by atoms with Crippen LogP contribution in [-0.4, -0.2) is 37.6 Å². The van der Waals surface area contributed by atoms with Gasteiger partial charge in [-0.3, -0.25) is 4.79 Å². The fourth-order valence-electron chi connectivity index (χ4n) is 2.69. The second kappa shape index (κ2) is 9.80. The van der Waals surface area contributed by atoms with E-state index in [1.54, 1.807) is 12.0 Å². The van der Waals surface area contributed by atoms with E-state index in [9.17, 15) is 4.79 Å². The van der Waals surface area contributed by atoms with Crippen molar-refractivity contribution in [2.45, 2.75) is 51.4 Å². The first-order valence-corrected chi connectivity index (χ1v) is 7.41. The molecule has 4 heteroatoms. The molecule has 1 saturated carbocycles. The molecule has 1 amide bonds. The molecular formula is C15H26N2O2. The minimum Gasteiger partial charge on any atom is -0.383 e. The van der Waals surface area contributed by atoms with Crippen LogP contribution >= 0.6 is 0 Å². The number of hydrogen-bond acceptors (Lipinski definition) is 3. The predicted molar refractivity (Wildman–Crippen MR) is 74.5 cm³/mol. The minimum absolute atomic E-state index is 0.194. The highest BCUT2D eigenvalue weighted by Crippen LogP contribution is 2.25. The third-order valence-electron chi connectivity index (χ3n) is 3.85. The molecule has 0 aromatic carbocycles. The topological polar surface area (TPSA) is 53.3 Å². The maximum atomic E-state index is 12.3. The number of carbonyl (C=O) groups excluding carboxylic acids is 1.